The third-order valence-corrected chi connectivity index (χ3v) is 7.64. The van der Waals surface area contributed by atoms with Crippen LogP contribution in [0.3, 0.4) is 0 Å². The molecule has 0 fully saturated rings. The van der Waals surface area contributed by atoms with E-state index < -0.39 is 15.4 Å². The molecule has 0 atom stereocenters. The lowest BCUT2D eigenvalue weighted by atomic mass is 9.72. The molecule has 0 spiro atoms. The van der Waals surface area contributed by atoms with Gasteiger partial charge in [-0.1, -0.05) is 108 Å². The molecule has 0 radical (unpaired) electrons. The first-order valence-electron chi connectivity index (χ1n) is 11.6. The molecule has 0 saturated carbocycles. The second kappa shape index (κ2) is 10.7. The van der Waals surface area contributed by atoms with E-state index in [1.807, 2.05) is 111 Å². The van der Waals surface area contributed by atoms with Crippen LogP contribution in [-0.4, -0.2) is 15.0 Å². The molecule has 0 aliphatic carbocycles. The fraction of sp³-hybridized carbons (Fsp3) is 0.161. The summed E-state index contributed by atoms with van der Waals surface area (Å²) in [7, 11) is -3.71. The van der Waals surface area contributed by atoms with E-state index in [2.05, 4.69) is 16.6 Å². The Morgan fingerprint density at radius 3 is 1.69 bits per heavy atom. The van der Waals surface area contributed by atoms with Crippen LogP contribution in [0.2, 0.25) is 0 Å². The summed E-state index contributed by atoms with van der Waals surface area (Å²) in [6, 6.07) is 35.0. The molecule has 4 rings (SSSR count). The SMILES string of the molecule is Cc1ccc(C#CCC(CNS(=O)(=O)c2ccc(C)cc2)(c2ccccc2)c2ccccc2)cc1. The Morgan fingerprint density at radius 1 is 0.686 bits per heavy atom. The van der Waals surface area contributed by atoms with Gasteiger partial charge in [0.25, 0.3) is 0 Å². The van der Waals surface area contributed by atoms with Crippen molar-refractivity contribution in [1.82, 2.24) is 4.72 Å². The second-order valence-corrected chi connectivity index (χ2v) is 10.6. The Labute approximate surface area is 208 Å². The first-order chi connectivity index (χ1) is 16.9. The van der Waals surface area contributed by atoms with Gasteiger partial charge in [-0.3, -0.25) is 0 Å². The van der Waals surface area contributed by atoms with Crippen LogP contribution in [0.4, 0.5) is 0 Å². The van der Waals surface area contributed by atoms with Crippen molar-refractivity contribution in [2.45, 2.75) is 30.6 Å². The molecule has 4 heteroatoms. The highest BCUT2D eigenvalue weighted by Gasteiger charge is 2.35. The number of benzene rings is 4. The second-order valence-electron chi connectivity index (χ2n) is 8.80. The molecule has 0 bridgehead atoms. The molecule has 4 aromatic rings. The maximum atomic E-state index is 13.2. The highest BCUT2D eigenvalue weighted by Crippen LogP contribution is 2.35. The van der Waals surface area contributed by atoms with Crippen LogP contribution < -0.4 is 4.72 Å². The van der Waals surface area contributed by atoms with Crippen LogP contribution in [0.5, 0.6) is 0 Å². The van der Waals surface area contributed by atoms with E-state index in [1.54, 1.807) is 12.1 Å². The van der Waals surface area contributed by atoms with E-state index in [0.717, 1.165) is 22.3 Å². The van der Waals surface area contributed by atoms with Gasteiger partial charge in [0, 0.05) is 23.9 Å². The lowest BCUT2D eigenvalue weighted by Crippen LogP contribution is -2.41. The van der Waals surface area contributed by atoms with Crippen molar-refractivity contribution in [2.24, 2.45) is 0 Å². The van der Waals surface area contributed by atoms with Crippen molar-refractivity contribution >= 4 is 10.0 Å². The minimum Gasteiger partial charge on any atom is -0.210 e. The van der Waals surface area contributed by atoms with Gasteiger partial charge in [0.05, 0.1) is 4.90 Å². The first-order valence-corrected chi connectivity index (χ1v) is 13.1. The number of nitrogens with one attached hydrogen (secondary N) is 1. The molecule has 4 aromatic carbocycles. The van der Waals surface area contributed by atoms with Crippen LogP contribution >= 0.6 is 0 Å². The van der Waals surface area contributed by atoms with Crippen molar-refractivity contribution in [3.63, 3.8) is 0 Å². The van der Waals surface area contributed by atoms with Gasteiger partial charge >= 0.3 is 0 Å². The lowest BCUT2D eigenvalue weighted by Gasteiger charge is -2.34. The first kappa shape index (κ1) is 24.5. The normalized spacial score (nSPS) is 11.5. The van der Waals surface area contributed by atoms with Gasteiger partial charge in [0.15, 0.2) is 0 Å². The monoisotopic (exact) mass is 479 g/mol. The van der Waals surface area contributed by atoms with Gasteiger partial charge in [0.2, 0.25) is 10.0 Å². The zero-order valence-corrected chi connectivity index (χ0v) is 20.8. The molecule has 1 N–H and O–H groups in total. The molecule has 35 heavy (non-hydrogen) atoms. The van der Waals surface area contributed by atoms with Gasteiger partial charge in [-0.15, -0.1) is 0 Å². The van der Waals surface area contributed by atoms with E-state index in [9.17, 15) is 8.42 Å². The topological polar surface area (TPSA) is 46.2 Å². The van der Waals surface area contributed by atoms with Crippen molar-refractivity contribution in [1.29, 1.82) is 0 Å². The fourth-order valence-corrected chi connectivity index (χ4v) is 5.20. The van der Waals surface area contributed by atoms with Gasteiger partial charge in [-0.25, -0.2) is 13.1 Å². The van der Waals surface area contributed by atoms with Crippen LogP contribution in [-0.2, 0) is 15.4 Å². The zero-order chi connectivity index (χ0) is 24.7. The predicted octanol–water partition coefficient (Wildman–Crippen LogP) is 6.01. The summed E-state index contributed by atoms with van der Waals surface area (Å²) >= 11 is 0. The van der Waals surface area contributed by atoms with E-state index in [1.165, 1.54) is 5.56 Å². The molecule has 0 aliphatic rings. The number of sulfonamides is 1. The Kier molecular flexibility index (Phi) is 7.51. The third kappa shape index (κ3) is 5.89. The maximum Gasteiger partial charge on any atom is 0.240 e. The van der Waals surface area contributed by atoms with Gasteiger partial charge < -0.3 is 0 Å². The molecule has 0 unspecified atom stereocenters. The number of hydrogen-bond donors (Lipinski definition) is 1. The van der Waals surface area contributed by atoms with Crippen molar-refractivity contribution < 1.29 is 8.42 Å². The minimum absolute atomic E-state index is 0.180. The Morgan fingerprint density at radius 2 is 1.17 bits per heavy atom. The molecule has 0 aliphatic heterocycles. The smallest absolute Gasteiger partial charge is 0.210 e. The van der Waals surface area contributed by atoms with Gasteiger partial charge in [-0.2, -0.15) is 0 Å². The van der Waals surface area contributed by atoms with Crippen LogP contribution in [0.25, 0.3) is 0 Å². The number of aryl methyl sites for hydroxylation is 2. The standard InChI is InChI=1S/C31H29NO2S/c1-25-15-19-27(20-16-25)10-9-23-31(28-11-5-3-6-12-28,29-13-7-4-8-14-29)24-32-35(33,34)30-21-17-26(2)18-22-30/h3-8,11-22,32H,23-24H2,1-2H3. The summed E-state index contributed by atoms with van der Waals surface area (Å²) in [6.07, 6.45) is 0.450. The van der Waals surface area contributed by atoms with Crippen molar-refractivity contribution in [2.75, 3.05) is 6.54 Å². The highest BCUT2D eigenvalue weighted by molar-refractivity contribution is 7.89. The number of hydrogen-bond acceptors (Lipinski definition) is 2. The van der Waals surface area contributed by atoms with E-state index >= 15 is 0 Å². The minimum atomic E-state index is -3.71. The average Bonchev–Trinajstić information content (AvgIpc) is 2.89. The Bertz CT molecular complexity index is 1380. The van der Waals surface area contributed by atoms with E-state index in [-0.39, 0.29) is 11.4 Å². The summed E-state index contributed by atoms with van der Waals surface area (Å²) in [5.41, 5.74) is 4.48. The lowest BCUT2D eigenvalue weighted by molar-refractivity contribution is 0.504. The molecule has 0 amide bonds. The molecule has 176 valence electrons. The number of rotatable bonds is 7. The largest absolute Gasteiger partial charge is 0.240 e. The summed E-state index contributed by atoms with van der Waals surface area (Å²) in [6.45, 7) is 4.17. The van der Waals surface area contributed by atoms with Crippen LogP contribution in [0.15, 0.2) is 114 Å². The third-order valence-electron chi connectivity index (χ3n) is 6.22. The molecular formula is C31H29NO2S. The van der Waals surface area contributed by atoms with E-state index in [4.69, 9.17) is 0 Å². The van der Waals surface area contributed by atoms with Crippen molar-refractivity contribution in [3.8, 4) is 11.8 Å². The molecule has 3 nitrogen and oxygen atoms in total. The van der Waals surface area contributed by atoms with Crippen LogP contribution in [0, 0.1) is 25.7 Å². The van der Waals surface area contributed by atoms with Crippen LogP contribution in [0.1, 0.15) is 34.2 Å². The Balaban J connectivity index is 1.75. The van der Waals surface area contributed by atoms with Gasteiger partial charge in [0.1, 0.15) is 0 Å². The molecule has 0 heterocycles. The summed E-state index contributed by atoms with van der Waals surface area (Å²) in [4.78, 5) is 0.254. The zero-order valence-electron chi connectivity index (χ0n) is 20.0. The molecule has 0 saturated heterocycles. The fourth-order valence-electron chi connectivity index (χ4n) is 4.10. The van der Waals surface area contributed by atoms with Crippen molar-refractivity contribution in [3.05, 3.63) is 137 Å². The highest BCUT2D eigenvalue weighted by atomic mass is 32.2. The molecular weight excluding hydrogens is 450 g/mol. The van der Waals surface area contributed by atoms with Gasteiger partial charge in [-0.05, 0) is 49.2 Å². The Hall–Kier alpha value is -3.65. The summed E-state index contributed by atoms with van der Waals surface area (Å²) in [5, 5.41) is 0. The summed E-state index contributed by atoms with van der Waals surface area (Å²) in [5.74, 6) is 6.63. The maximum absolute atomic E-state index is 13.2. The van der Waals surface area contributed by atoms with E-state index in [0.29, 0.717) is 6.42 Å². The average molecular weight is 480 g/mol. The molecule has 0 aromatic heterocycles. The predicted molar refractivity (Wildman–Crippen MR) is 143 cm³/mol. The summed E-state index contributed by atoms with van der Waals surface area (Å²) < 4.78 is 29.4. The quantitative estimate of drug-likeness (QED) is 0.330.